The van der Waals surface area contributed by atoms with E-state index >= 15 is 0 Å². The van der Waals surface area contributed by atoms with E-state index in [2.05, 4.69) is 10.6 Å². The number of nitrogens with zero attached hydrogens (tertiary/aromatic N) is 1. The van der Waals surface area contributed by atoms with E-state index in [1.807, 2.05) is 52.8 Å². The van der Waals surface area contributed by atoms with Crippen LogP contribution in [0.1, 0.15) is 75.7 Å². The Kier molecular flexibility index (Phi) is 7.65. The van der Waals surface area contributed by atoms with Crippen molar-refractivity contribution < 1.29 is 24.3 Å². The molecule has 0 saturated carbocycles. The number of carbonyl (C=O) groups excluding carboxylic acids is 3. The number of hydrogen-bond acceptors (Lipinski definition) is 5. The first kappa shape index (κ1) is 26.1. The highest BCUT2D eigenvalue weighted by molar-refractivity contribution is 8.01. The summed E-state index contributed by atoms with van der Waals surface area (Å²) in [6, 6.07) is 4.67. The molecule has 0 radical (unpaired) electrons. The maximum absolute atomic E-state index is 13.6. The molecule has 1 saturated heterocycles. The van der Waals surface area contributed by atoms with Crippen molar-refractivity contribution in [2.75, 3.05) is 0 Å². The molecule has 2 heterocycles. The summed E-state index contributed by atoms with van der Waals surface area (Å²) in [4.78, 5) is 53.2. The molecule has 0 aliphatic carbocycles. The monoisotopic (exact) mass is 489 g/mol. The number of carboxylic acids is 1. The highest BCUT2D eigenvalue weighted by Crippen LogP contribution is 2.56. The Balaban J connectivity index is 1.83. The first-order valence-corrected chi connectivity index (χ1v) is 12.7. The maximum atomic E-state index is 13.6. The van der Waals surface area contributed by atoms with E-state index < -0.39 is 40.7 Å². The van der Waals surface area contributed by atoms with Crippen LogP contribution in [-0.4, -0.2) is 56.6 Å². The summed E-state index contributed by atoms with van der Waals surface area (Å²) in [6.45, 7) is 11.4. The zero-order valence-electron chi connectivity index (χ0n) is 20.6. The van der Waals surface area contributed by atoms with E-state index in [1.165, 1.54) is 0 Å². The van der Waals surface area contributed by atoms with Crippen molar-refractivity contribution in [2.45, 2.75) is 82.6 Å². The van der Waals surface area contributed by atoms with E-state index in [4.69, 9.17) is 0 Å². The molecule has 3 rings (SSSR count). The highest BCUT2D eigenvalue weighted by Gasteiger charge is 2.57. The average Bonchev–Trinajstić information content (AvgIpc) is 3.19. The normalized spacial score (nSPS) is 23.1. The number of benzene rings is 1. The van der Waals surface area contributed by atoms with Gasteiger partial charge in [-0.2, -0.15) is 0 Å². The number of nitrogens with one attached hydrogen (secondary N) is 2. The zero-order chi connectivity index (χ0) is 25.4. The quantitative estimate of drug-likeness (QED) is 0.491. The van der Waals surface area contributed by atoms with E-state index in [0.29, 0.717) is 18.4 Å². The Morgan fingerprint density at radius 1 is 1.15 bits per heavy atom. The van der Waals surface area contributed by atoms with Crippen LogP contribution in [0.3, 0.4) is 0 Å². The van der Waals surface area contributed by atoms with Crippen LogP contribution < -0.4 is 10.6 Å². The minimum atomic E-state index is -1.10. The summed E-state index contributed by atoms with van der Waals surface area (Å²) >= 11 is 1.56. The fourth-order valence-corrected chi connectivity index (χ4v) is 6.28. The number of rotatable bonds is 9. The molecule has 5 atom stereocenters. The number of fused-ring (bicyclic) bond motifs is 3. The second-order valence-electron chi connectivity index (χ2n) is 10.2. The van der Waals surface area contributed by atoms with Gasteiger partial charge >= 0.3 is 5.97 Å². The van der Waals surface area contributed by atoms with Crippen LogP contribution in [0.25, 0.3) is 0 Å². The van der Waals surface area contributed by atoms with Gasteiger partial charge in [-0.15, -0.1) is 11.8 Å². The molecule has 1 aromatic carbocycles. The highest BCUT2D eigenvalue weighted by atomic mass is 32.2. The Labute approximate surface area is 205 Å². The third-order valence-electron chi connectivity index (χ3n) is 6.66. The maximum Gasteiger partial charge on any atom is 0.326 e. The Morgan fingerprint density at radius 3 is 2.38 bits per heavy atom. The van der Waals surface area contributed by atoms with Crippen LogP contribution in [0.2, 0.25) is 0 Å². The van der Waals surface area contributed by atoms with Crippen LogP contribution in [0.5, 0.6) is 0 Å². The number of carbonyl (C=O) groups is 4. The standard InChI is InChI=1S/C25H35N3O5S/c1-7-14(4)18(24(32)33)27-20(29)17(12-13(2)3)26-21(30)19-25(5,6)34-23-16-11-9-8-10-15(16)22(31)28(19)23/h8-11,13-14,17-19,23H,7,12H2,1-6H3,(H,26,30)(H,27,29)(H,32,33)/t14-,17+,18+,19-,23+/m1/s1. The third-order valence-corrected chi connectivity index (χ3v) is 8.20. The van der Waals surface area contributed by atoms with Crippen LogP contribution in [-0.2, 0) is 14.4 Å². The lowest BCUT2D eigenvalue weighted by atomic mass is 9.96. The van der Waals surface area contributed by atoms with E-state index in [-0.39, 0.29) is 23.1 Å². The molecule has 0 bridgehead atoms. The molecule has 1 fully saturated rings. The van der Waals surface area contributed by atoms with Gasteiger partial charge in [0, 0.05) is 10.3 Å². The second-order valence-corrected chi connectivity index (χ2v) is 11.9. The Hall–Kier alpha value is -2.55. The van der Waals surface area contributed by atoms with Crippen molar-refractivity contribution in [1.29, 1.82) is 0 Å². The van der Waals surface area contributed by atoms with Crippen molar-refractivity contribution >= 4 is 35.5 Å². The first-order valence-electron chi connectivity index (χ1n) is 11.8. The third kappa shape index (κ3) is 4.94. The molecule has 34 heavy (non-hydrogen) atoms. The number of thioether (sulfide) groups is 1. The molecule has 0 aromatic heterocycles. The topological polar surface area (TPSA) is 116 Å². The molecular formula is C25H35N3O5S. The van der Waals surface area contributed by atoms with Crippen molar-refractivity contribution in [3.05, 3.63) is 35.4 Å². The minimum Gasteiger partial charge on any atom is -0.480 e. The van der Waals surface area contributed by atoms with Gasteiger partial charge in [0.05, 0.1) is 0 Å². The van der Waals surface area contributed by atoms with Crippen molar-refractivity contribution in [3.8, 4) is 0 Å². The molecule has 3 amide bonds. The zero-order valence-corrected chi connectivity index (χ0v) is 21.4. The van der Waals surface area contributed by atoms with E-state index in [1.54, 1.807) is 29.7 Å². The average molecular weight is 490 g/mol. The van der Waals surface area contributed by atoms with Crippen LogP contribution in [0, 0.1) is 11.8 Å². The lowest BCUT2D eigenvalue weighted by molar-refractivity contribution is -0.144. The number of hydrogen-bond donors (Lipinski definition) is 3. The van der Waals surface area contributed by atoms with E-state index in [9.17, 15) is 24.3 Å². The predicted molar refractivity (Wildman–Crippen MR) is 131 cm³/mol. The largest absolute Gasteiger partial charge is 0.480 e. The number of carboxylic acid groups (broad SMARTS) is 1. The predicted octanol–water partition coefficient (Wildman–Crippen LogP) is 3.18. The fourth-order valence-electron chi connectivity index (χ4n) is 4.70. The van der Waals surface area contributed by atoms with Crippen molar-refractivity contribution in [3.63, 3.8) is 0 Å². The Bertz CT molecular complexity index is 979. The molecular weight excluding hydrogens is 454 g/mol. The molecule has 8 nitrogen and oxygen atoms in total. The molecule has 9 heteroatoms. The molecule has 186 valence electrons. The number of aliphatic carboxylic acids is 1. The van der Waals surface area contributed by atoms with Gasteiger partial charge in [0.2, 0.25) is 11.8 Å². The lowest BCUT2D eigenvalue weighted by Gasteiger charge is -2.32. The Morgan fingerprint density at radius 2 is 1.79 bits per heavy atom. The summed E-state index contributed by atoms with van der Waals surface area (Å²) in [7, 11) is 0. The van der Waals surface area contributed by atoms with Gasteiger partial charge in [-0.25, -0.2) is 4.79 Å². The van der Waals surface area contributed by atoms with Crippen LogP contribution in [0.4, 0.5) is 0 Å². The van der Waals surface area contributed by atoms with Gasteiger partial charge in [-0.3, -0.25) is 14.4 Å². The van der Waals surface area contributed by atoms with Gasteiger partial charge in [-0.1, -0.05) is 52.3 Å². The molecule has 1 aromatic rings. The smallest absolute Gasteiger partial charge is 0.326 e. The van der Waals surface area contributed by atoms with Gasteiger partial charge in [0.15, 0.2) is 0 Å². The summed E-state index contributed by atoms with van der Waals surface area (Å²) in [5, 5.41) is 14.8. The van der Waals surface area contributed by atoms with Crippen molar-refractivity contribution in [1.82, 2.24) is 15.5 Å². The number of amides is 3. The van der Waals surface area contributed by atoms with Gasteiger partial charge in [-0.05, 0) is 43.7 Å². The summed E-state index contributed by atoms with van der Waals surface area (Å²) < 4.78 is -0.572. The van der Waals surface area contributed by atoms with E-state index in [0.717, 1.165) is 5.56 Å². The van der Waals surface area contributed by atoms with Gasteiger partial charge in [0.25, 0.3) is 5.91 Å². The first-order chi connectivity index (χ1) is 15.9. The summed E-state index contributed by atoms with van der Waals surface area (Å²) in [5.41, 5.74) is 1.50. The summed E-state index contributed by atoms with van der Waals surface area (Å²) in [5.74, 6) is -2.40. The molecule has 2 aliphatic rings. The molecule has 3 N–H and O–H groups in total. The second kappa shape index (κ2) is 9.98. The van der Waals surface area contributed by atoms with Gasteiger partial charge in [0.1, 0.15) is 23.5 Å². The molecule has 0 spiro atoms. The molecule has 2 aliphatic heterocycles. The molecule has 0 unspecified atom stereocenters. The van der Waals surface area contributed by atoms with Gasteiger partial charge < -0.3 is 20.6 Å². The minimum absolute atomic E-state index is 0.0827. The van der Waals surface area contributed by atoms with Crippen LogP contribution >= 0.6 is 11.8 Å². The van der Waals surface area contributed by atoms with Crippen LogP contribution in [0.15, 0.2) is 24.3 Å². The van der Waals surface area contributed by atoms with Crippen molar-refractivity contribution in [2.24, 2.45) is 11.8 Å². The SMILES string of the molecule is CC[C@@H](C)[C@H](NC(=O)[C@H](CC(C)C)NC(=O)[C@H]1N2C(=O)c3ccccc3[C@@H]2SC1(C)C)C(=O)O. The summed E-state index contributed by atoms with van der Waals surface area (Å²) in [6.07, 6.45) is 0.938. The fraction of sp³-hybridized carbons (Fsp3) is 0.600. The lowest BCUT2D eigenvalue weighted by Crippen LogP contribution is -2.59.